The van der Waals surface area contributed by atoms with E-state index >= 15 is 0 Å². The Kier molecular flexibility index (Phi) is 5.47. The van der Waals surface area contributed by atoms with Crippen LogP contribution in [0.3, 0.4) is 0 Å². The number of methoxy groups -OCH3 is 1. The van der Waals surface area contributed by atoms with E-state index in [2.05, 4.69) is 4.74 Å². The Balaban J connectivity index is 3.31. The van der Waals surface area contributed by atoms with E-state index in [-0.39, 0.29) is 6.42 Å². The second-order valence-electron chi connectivity index (χ2n) is 4.12. The number of hydrogen-bond donors (Lipinski definition) is 1. The predicted octanol–water partition coefficient (Wildman–Crippen LogP) is 3.95. The van der Waals surface area contributed by atoms with Crippen molar-refractivity contribution in [3.05, 3.63) is 34.4 Å². The average molecular weight is 277 g/mol. The molecule has 0 fully saturated rings. The first-order chi connectivity index (χ1) is 8.95. The summed E-state index contributed by atoms with van der Waals surface area (Å²) in [6.45, 7) is 1.26. The molecule has 0 heterocycles. The summed E-state index contributed by atoms with van der Waals surface area (Å²) in [7, 11) is 1.16. The van der Waals surface area contributed by atoms with Gasteiger partial charge in [0.25, 0.3) is 0 Å². The lowest BCUT2D eigenvalue weighted by molar-refractivity contribution is 0.175. The highest BCUT2D eigenvalue weighted by atomic mass is 19.2. The molecule has 1 rings (SSSR count). The van der Waals surface area contributed by atoms with Gasteiger partial charge in [0.15, 0.2) is 23.3 Å². The highest BCUT2D eigenvalue weighted by Gasteiger charge is 2.27. The van der Waals surface area contributed by atoms with Crippen LogP contribution in [0.15, 0.2) is 0 Å². The van der Waals surface area contributed by atoms with Crippen molar-refractivity contribution in [2.24, 2.45) is 0 Å². The van der Waals surface area contributed by atoms with Crippen molar-refractivity contribution in [3.8, 4) is 0 Å². The van der Waals surface area contributed by atoms with E-state index in [0.717, 1.165) is 7.11 Å². The fourth-order valence-corrected chi connectivity index (χ4v) is 1.69. The van der Waals surface area contributed by atoms with Crippen LogP contribution in [0, 0.1) is 28.7 Å². The summed E-state index contributed by atoms with van der Waals surface area (Å²) in [4.78, 5) is 0. The van der Waals surface area contributed by atoms with Crippen LogP contribution in [0.25, 0.3) is 0 Å². The molecule has 1 N–H and O–H groups in total. The molecule has 19 heavy (non-hydrogen) atoms. The molecular formula is C13H15F4NO. The van der Waals surface area contributed by atoms with Crippen molar-refractivity contribution in [3.63, 3.8) is 0 Å². The minimum atomic E-state index is -1.54. The zero-order valence-corrected chi connectivity index (χ0v) is 10.7. The van der Waals surface area contributed by atoms with Crippen molar-refractivity contribution >= 4 is 5.71 Å². The monoisotopic (exact) mass is 277 g/mol. The Morgan fingerprint density at radius 2 is 1.58 bits per heavy atom. The molecule has 0 bridgehead atoms. The van der Waals surface area contributed by atoms with E-state index in [4.69, 9.17) is 5.41 Å². The molecule has 0 aliphatic heterocycles. The molecule has 1 aromatic rings. The topological polar surface area (TPSA) is 33.1 Å². The van der Waals surface area contributed by atoms with Gasteiger partial charge in [0.1, 0.15) is 0 Å². The van der Waals surface area contributed by atoms with Gasteiger partial charge in [-0.15, -0.1) is 0 Å². The van der Waals surface area contributed by atoms with Crippen molar-refractivity contribution in [1.82, 2.24) is 0 Å². The molecule has 0 atom stereocenters. The van der Waals surface area contributed by atoms with Crippen LogP contribution in [0.5, 0.6) is 0 Å². The highest BCUT2D eigenvalue weighted by Crippen LogP contribution is 2.26. The first kappa shape index (κ1) is 15.6. The summed E-state index contributed by atoms with van der Waals surface area (Å²) in [5.41, 5.74) is -2.17. The fraction of sp³-hybridized carbons (Fsp3) is 0.462. The Morgan fingerprint density at radius 1 is 1.05 bits per heavy atom. The van der Waals surface area contributed by atoms with Crippen molar-refractivity contribution in [2.45, 2.75) is 32.8 Å². The van der Waals surface area contributed by atoms with Gasteiger partial charge in [-0.2, -0.15) is 0 Å². The van der Waals surface area contributed by atoms with Gasteiger partial charge in [0.2, 0.25) is 0 Å². The predicted molar refractivity (Wildman–Crippen MR) is 63.3 cm³/mol. The number of unbranched alkanes of at least 4 members (excludes halogenated alkanes) is 1. The number of benzene rings is 1. The summed E-state index contributed by atoms with van der Waals surface area (Å²) in [6.07, 6.45) is 1.28. The molecule has 2 nitrogen and oxygen atoms in total. The third-order valence-electron chi connectivity index (χ3n) is 2.73. The number of ether oxygens (including phenoxy) is 1. The maximum absolute atomic E-state index is 13.7. The van der Waals surface area contributed by atoms with E-state index in [1.54, 1.807) is 0 Å². The van der Waals surface area contributed by atoms with Gasteiger partial charge < -0.3 is 10.1 Å². The molecule has 0 saturated carbocycles. The van der Waals surface area contributed by atoms with E-state index in [1.165, 1.54) is 0 Å². The zero-order chi connectivity index (χ0) is 14.6. The molecule has 0 radical (unpaired) electrons. The zero-order valence-electron chi connectivity index (χ0n) is 10.7. The normalized spacial score (nSPS) is 10.8. The van der Waals surface area contributed by atoms with Gasteiger partial charge in [0, 0.05) is 12.8 Å². The molecule has 0 amide bonds. The van der Waals surface area contributed by atoms with Crippen LogP contribution in [0.4, 0.5) is 17.6 Å². The smallest absolute Gasteiger partial charge is 0.171 e. The van der Waals surface area contributed by atoms with Crippen LogP contribution in [-0.4, -0.2) is 12.8 Å². The Labute approximate surface area is 108 Å². The maximum Gasteiger partial charge on any atom is 0.171 e. The number of nitrogens with one attached hydrogen (secondary N) is 1. The van der Waals surface area contributed by atoms with Crippen LogP contribution < -0.4 is 0 Å². The molecule has 0 unspecified atom stereocenters. The van der Waals surface area contributed by atoms with Crippen LogP contribution in [-0.2, 0) is 11.3 Å². The van der Waals surface area contributed by atoms with Crippen LogP contribution in [0.2, 0.25) is 0 Å². The number of hydrogen-bond acceptors (Lipinski definition) is 2. The molecule has 0 aliphatic rings. The minimum Gasteiger partial charge on any atom is -0.380 e. The third-order valence-corrected chi connectivity index (χ3v) is 2.73. The first-order valence-corrected chi connectivity index (χ1v) is 5.87. The molecule has 0 saturated heterocycles. The summed E-state index contributed by atoms with van der Waals surface area (Å²) in [5.74, 6) is -6.08. The van der Waals surface area contributed by atoms with Gasteiger partial charge in [0.05, 0.1) is 17.7 Å². The third kappa shape index (κ3) is 3.12. The standard InChI is InChI=1S/C13H15F4NO/c1-3-4-5-8(18)9-12(16)10(14)7(6-19-2)11(15)13(9)17/h18H,3-6H2,1-2H3. The molecule has 0 spiro atoms. The molecular weight excluding hydrogens is 262 g/mol. The second-order valence-corrected chi connectivity index (χ2v) is 4.12. The summed E-state index contributed by atoms with van der Waals surface area (Å²) in [6, 6.07) is 0. The SMILES string of the molecule is CCCCC(=N)c1c(F)c(F)c(COC)c(F)c1F. The summed E-state index contributed by atoms with van der Waals surface area (Å²) < 4.78 is 59.2. The van der Waals surface area contributed by atoms with Gasteiger partial charge >= 0.3 is 0 Å². The largest absolute Gasteiger partial charge is 0.380 e. The van der Waals surface area contributed by atoms with E-state index < -0.39 is 46.7 Å². The fourth-order valence-electron chi connectivity index (χ4n) is 1.69. The van der Waals surface area contributed by atoms with E-state index in [1.807, 2.05) is 6.92 Å². The van der Waals surface area contributed by atoms with Crippen LogP contribution in [0.1, 0.15) is 37.3 Å². The Bertz CT molecular complexity index is 459. The second kappa shape index (κ2) is 6.65. The molecule has 0 aliphatic carbocycles. The van der Waals surface area contributed by atoms with Crippen molar-refractivity contribution < 1.29 is 22.3 Å². The average Bonchev–Trinajstić information content (AvgIpc) is 2.39. The van der Waals surface area contributed by atoms with Gasteiger partial charge in [-0.25, -0.2) is 17.6 Å². The maximum atomic E-state index is 13.7. The lowest BCUT2D eigenvalue weighted by Crippen LogP contribution is -2.14. The quantitative estimate of drug-likeness (QED) is 0.477. The summed E-state index contributed by atoms with van der Waals surface area (Å²) in [5, 5.41) is 7.54. The van der Waals surface area contributed by atoms with Gasteiger partial charge in [-0.1, -0.05) is 13.3 Å². The first-order valence-electron chi connectivity index (χ1n) is 5.87. The lowest BCUT2D eigenvalue weighted by Gasteiger charge is -2.12. The lowest BCUT2D eigenvalue weighted by atomic mass is 10.0. The number of halogens is 4. The van der Waals surface area contributed by atoms with Crippen molar-refractivity contribution in [2.75, 3.05) is 7.11 Å². The summed E-state index contributed by atoms with van der Waals surface area (Å²) >= 11 is 0. The highest BCUT2D eigenvalue weighted by molar-refractivity contribution is 5.98. The van der Waals surface area contributed by atoms with Gasteiger partial charge in [-0.05, 0) is 12.8 Å². The number of rotatable bonds is 6. The Morgan fingerprint density at radius 3 is 2.00 bits per heavy atom. The minimum absolute atomic E-state index is 0.0623. The van der Waals surface area contributed by atoms with Crippen molar-refractivity contribution in [1.29, 1.82) is 5.41 Å². The van der Waals surface area contributed by atoms with Gasteiger partial charge in [-0.3, -0.25) is 0 Å². The molecule has 0 aromatic heterocycles. The molecule has 106 valence electrons. The molecule has 6 heteroatoms. The van der Waals surface area contributed by atoms with E-state index in [0.29, 0.717) is 12.8 Å². The van der Waals surface area contributed by atoms with Crippen LogP contribution >= 0.6 is 0 Å². The Hall–Kier alpha value is -1.43. The van der Waals surface area contributed by atoms with E-state index in [9.17, 15) is 17.6 Å². The molecule has 1 aromatic carbocycles.